The molecular formula is C28H43NO8. The maximum atomic E-state index is 12.3. The Labute approximate surface area is 220 Å². The number of rotatable bonds is 9. The standard InChI is InChI=1S/C28H43NO8/c1-17(9-12-24-26(32)28(16-34-28)15-27(6,33-7)37-24)8-11-23-18(2)14-22(20(4)36-23)29-25(31)13-10-19(3)35-21(5)30/h8-10,12-13,18-20,22-24,26,32H,11,14-16H2,1-7H3,(H,29,31)/t18-,19-,20+,22+,23-,24+,26+,27-,28?/m0/s1. The average Bonchev–Trinajstić information content (AvgIpc) is 3.59. The fourth-order valence-corrected chi connectivity index (χ4v) is 5.06. The molecule has 2 N–H and O–H groups in total. The largest absolute Gasteiger partial charge is 0.459 e. The summed E-state index contributed by atoms with van der Waals surface area (Å²) >= 11 is 0. The van der Waals surface area contributed by atoms with E-state index in [-0.39, 0.29) is 36.0 Å². The van der Waals surface area contributed by atoms with Crippen LogP contribution in [0, 0.1) is 5.92 Å². The number of carbonyl (C=O) groups excluding carboxylic acids is 2. The van der Waals surface area contributed by atoms with Crippen molar-refractivity contribution in [3.8, 4) is 0 Å². The van der Waals surface area contributed by atoms with Crippen LogP contribution < -0.4 is 5.32 Å². The maximum Gasteiger partial charge on any atom is 0.303 e. The smallest absolute Gasteiger partial charge is 0.303 e. The number of allylic oxidation sites excluding steroid dienone is 2. The quantitative estimate of drug-likeness (QED) is 0.206. The molecule has 0 aromatic carbocycles. The van der Waals surface area contributed by atoms with E-state index in [1.165, 1.54) is 13.0 Å². The molecular weight excluding hydrogens is 478 g/mol. The summed E-state index contributed by atoms with van der Waals surface area (Å²) in [7, 11) is 1.60. The molecule has 3 aliphatic heterocycles. The summed E-state index contributed by atoms with van der Waals surface area (Å²) in [5.41, 5.74) is 0.455. The summed E-state index contributed by atoms with van der Waals surface area (Å²) in [6.07, 6.45) is 9.09. The molecule has 3 aliphatic rings. The van der Waals surface area contributed by atoms with Gasteiger partial charge in [0.25, 0.3) is 0 Å². The minimum absolute atomic E-state index is 0.0301. The third-order valence-electron chi connectivity index (χ3n) is 7.44. The zero-order valence-electron chi connectivity index (χ0n) is 23.1. The van der Waals surface area contributed by atoms with Crippen LogP contribution >= 0.6 is 0 Å². The van der Waals surface area contributed by atoms with Gasteiger partial charge in [-0.2, -0.15) is 0 Å². The first-order valence-electron chi connectivity index (χ1n) is 13.1. The Morgan fingerprint density at radius 1 is 1.24 bits per heavy atom. The van der Waals surface area contributed by atoms with Crippen molar-refractivity contribution in [2.75, 3.05) is 13.7 Å². The normalized spacial score (nSPS) is 39.2. The van der Waals surface area contributed by atoms with E-state index in [1.54, 1.807) is 20.1 Å². The number of amides is 1. The van der Waals surface area contributed by atoms with Crippen molar-refractivity contribution in [1.29, 1.82) is 0 Å². The zero-order chi connectivity index (χ0) is 27.4. The molecule has 1 amide bonds. The minimum atomic E-state index is -0.799. The molecule has 0 aromatic heterocycles. The highest BCUT2D eigenvalue weighted by Crippen LogP contribution is 2.46. The summed E-state index contributed by atoms with van der Waals surface area (Å²) in [6, 6.07) is -0.102. The number of hydrogen-bond acceptors (Lipinski definition) is 8. The lowest BCUT2D eigenvalue weighted by Crippen LogP contribution is -2.55. The highest BCUT2D eigenvalue weighted by Gasteiger charge is 2.61. The Kier molecular flexibility index (Phi) is 9.74. The van der Waals surface area contributed by atoms with Crippen molar-refractivity contribution in [3.05, 3.63) is 36.0 Å². The van der Waals surface area contributed by atoms with Gasteiger partial charge in [0.1, 0.15) is 23.9 Å². The lowest BCUT2D eigenvalue weighted by atomic mass is 9.87. The van der Waals surface area contributed by atoms with Crippen LogP contribution in [0.4, 0.5) is 0 Å². The number of epoxide rings is 1. The molecule has 9 nitrogen and oxygen atoms in total. The first kappa shape index (κ1) is 29.5. The Balaban J connectivity index is 1.50. The van der Waals surface area contributed by atoms with Crippen LogP contribution in [0.25, 0.3) is 0 Å². The number of carbonyl (C=O) groups is 2. The van der Waals surface area contributed by atoms with E-state index in [9.17, 15) is 14.7 Å². The summed E-state index contributed by atoms with van der Waals surface area (Å²) in [4.78, 5) is 23.3. The maximum absolute atomic E-state index is 12.3. The number of nitrogens with one attached hydrogen (secondary N) is 1. The van der Waals surface area contributed by atoms with E-state index < -0.39 is 29.7 Å². The number of hydrogen-bond donors (Lipinski definition) is 2. The predicted octanol–water partition coefficient (Wildman–Crippen LogP) is 2.97. The predicted molar refractivity (Wildman–Crippen MR) is 138 cm³/mol. The summed E-state index contributed by atoms with van der Waals surface area (Å²) < 4.78 is 28.4. The minimum Gasteiger partial charge on any atom is -0.459 e. The summed E-state index contributed by atoms with van der Waals surface area (Å²) in [6.45, 7) is 11.5. The SMILES string of the molecule is CO[C@]1(C)CC2(CO2)[C@H](O)[C@@H](C=CC(C)=CC[C@@H]2O[C@H](C)[C@H](NC(=O)C=C[C@H](C)OC(C)=O)C[C@@H]2C)O1. The molecule has 1 unspecified atom stereocenters. The zero-order valence-corrected chi connectivity index (χ0v) is 23.1. The van der Waals surface area contributed by atoms with Gasteiger partial charge in [-0.25, -0.2) is 0 Å². The van der Waals surface area contributed by atoms with Gasteiger partial charge in [0.05, 0.1) is 24.9 Å². The molecule has 208 valence electrons. The van der Waals surface area contributed by atoms with Gasteiger partial charge in [0.15, 0.2) is 5.79 Å². The van der Waals surface area contributed by atoms with Crippen molar-refractivity contribution in [1.82, 2.24) is 5.32 Å². The molecule has 0 radical (unpaired) electrons. The second kappa shape index (κ2) is 12.2. The third kappa shape index (κ3) is 7.97. The number of esters is 1. The van der Waals surface area contributed by atoms with Crippen LogP contribution in [0.3, 0.4) is 0 Å². The fraction of sp³-hybridized carbons (Fsp3) is 0.714. The second-order valence-electron chi connectivity index (χ2n) is 10.8. The van der Waals surface area contributed by atoms with Crippen LogP contribution in [0.1, 0.15) is 60.8 Å². The number of aliphatic hydroxyl groups excluding tert-OH is 1. The summed E-state index contributed by atoms with van der Waals surface area (Å²) in [5, 5.41) is 13.7. The molecule has 0 aromatic rings. The van der Waals surface area contributed by atoms with Crippen molar-refractivity contribution < 1.29 is 38.4 Å². The van der Waals surface area contributed by atoms with Crippen LogP contribution in [0.15, 0.2) is 36.0 Å². The van der Waals surface area contributed by atoms with Gasteiger partial charge >= 0.3 is 5.97 Å². The topological polar surface area (TPSA) is 116 Å². The van der Waals surface area contributed by atoms with Crippen molar-refractivity contribution >= 4 is 11.9 Å². The molecule has 0 saturated carbocycles. The van der Waals surface area contributed by atoms with Gasteiger partial charge in [-0.05, 0) is 52.5 Å². The van der Waals surface area contributed by atoms with Crippen LogP contribution in [0.5, 0.6) is 0 Å². The van der Waals surface area contributed by atoms with Gasteiger partial charge in [-0.1, -0.05) is 30.7 Å². The van der Waals surface area contributed by atoms with Gasteiger partial charge in [0, 0.05) is 26.5 Å². The first-order valence-corrected chi connectivity index (χ1v) is 13.1. The molecule has 37 heavy (non-hydrogen) atoms. The Bertz CT molecular complexity index is 910. The van der Waals surface area contributed by atoms with Crippen LogP contribution in [0.2, 0.25) is 0 Å². The molecule has 1 spiro atoms. The Morgan fingerprint density at radius 3 is 2.57 bits per heavy atom. The fourth-order valence-electron chi connectivity index (χ4n) is 5.06. The molecule has 3 fully saturated rings. The molecule has 9 atom stereocenters. The van der Waals surface area contributed by atoms with Crippen LogP contribution in [-0.4, -0.2) is 78.6 Å². The number of aliphatic hydroxyl groups is 1. The van der Waals surface area contributed by atoms with Crippen molar-refractivity contribution in [3.63, 3.8) is 0 Å². The van der Waals surface area contributed by atoms with Gasteiger partial charge < -0.3 is 34.1 Å². The molecule has 3 saturated heterocycles. The monoisotopic (exact) mass is 521 g/mol. The van der Waals surface area contributed by atoms with Crippen LogP contribution in [-0.2, 0) is 33.3 Å². The van der Waals surface area contributed by atoms with E-state index in [0.717, 1.165) is 18.4 Å². The second-order valence-corrected chi connectivity index (χ2v) is 10.8. The molecule has 3 rings (SSSR count). The highest BCUT2D eigenvalue weighted by atomic mass is 16.7. The van der Waals surface area contributed by atoms with Gasteiger partial charge in [-0.3, -0.25) is 9.59 Å². The molecule has 3 heterocycles. The van der Waals surface area contributed by atoms with Crippen molar-refractivity contribution in [2.24, 2.45) is 5.92 Å². The van der Waals surface area contributed by atoms with Gasteiger partial charge in [-0.15, -0.1) is 0 Å². The first-order chi connectivity index (χ1) is 17.4. The van der Waals surface area contributed by atoms with Gasteiger partial charge in [0.2, 0.25) is 5.91 Å². The molecule has 0 bridgehead atoms. The lowest BCUT2D eigenvalue weighted by Gasteiger charge is -2.42. The van der Waals surface area contributed by atoms with E-state index in [2.05, 4.69) is 18.3 Å². The van der Waals surface area contributed by atoms with E-state index in [0.29, 0.717) is 13.0 Å². The number of methoxy groups -OCH3 is 1. The van der Waals surface area contributed by atoms with Crippen molar-refractivity contribution in [2.45, 2.75) is 109 Å². The third-order valence-corrected chi connectivity index (χ3v) is 7.44. The van der Waals surface area contributed by atoms with E-state index >= 15 is 0 Å². The molecule has 9 heteroatoms. The molecule has 0 aliphatic carbocycles. The summed E-state index contributed by atoms with van der Waals surface area (Å²) in [5.74, 6) is -1.18. The van der Waals surface area contributed by atoms with E-state index in [4.69, 9.17) is 23.7 Å². The lowest BCUT2D eigenvalue weighted by molar-refractivity contribution is -0.284. The Morgan fingerprint density at radius 2 is 1.95 bits per heavy atom. The number of ether oxygens (including phenoxy) is 5. The average molecular weight is 522 g/mol. The van der Waals surface area contributed by atoms with E-state index in [1.807, 2.05) is 32.9 Å². The Hall–Kier alpha value is -2.04. The highest BCUT2D eigenvalue weighted by molar-refractivity contribution is 5.87.